The third-order valence-corrected chi connectivity index (χ3v) is 2.67. The Balaban J connectivity index is 2.35. The van der Waals surface area contributed by atoms with Crippen LogP contribution in [0.5, 0.6) is 5.75 Å². The third-order valence-electron chi connectivity index (χ3n) is 2.67. The van der Waals surface area contributed by atoms with Crippen LogP contribution in [-0.2, 0) is 9.53 Å². The van der Waals surface area contributed by atoms with E-state index in [1.165, 1.54) is 6.07 Å². The fourth-order valence-corrected chi connectivity index (χ4v) is 1.90. The molecule has 1 aromatic heterocycles. The molecule has 0 saturated heterocycles. The van der Waals surface area contributed by atoms with Crippen molar-refractivity contribution in [2.24, 2.45) is 0 Å². The maximum atomic E-state index is 13.9. The van der Waals surface area contributed by atoms with Crippen molar-refractivity contribution in [2.75, 3.05) is 6.61 Å². The number of aromatic nitrogens is 1. The highest BCUT2D eigenvalue weighted by Crippen LogP contribution is 2.29. The van der Waals surface area contributed by atoms with Gasteiger partial charge in [-0.15, -0.1) is 0 Å². The minimum Gasteiger partial charge on any atom is -0.481 e. The minimum absolute atomic E-state index is 0.0650. The highest BCUT2D eigenvalue weighted by molar-refractivity contribution is 5.86. The predicted molar refractivity (Wildman–Crippen MR) is 73.1 cm³/mol. The highest BCUT2D eigenvalue weighted by Gasteiger charge is 2.15. The second-order valence-electron chi connectivity index (χ2n) is 4.84. The Labute approximate surface area is 120 Å². The predicted octanol–water partition coefficient (Wildman–Crippen LogP) is 3.15. The first-order chi connectivity index (χ1) is 9.88. The molecule has 0 spiro atoms. The van der Waals surface area contributed by atoms with E-state index >= 15 is 0 Å². The summed E-state index contributed by atoms with van der Waals surface area (Å²) < 4.78 is 37.8. The molecule has 4 nitrogen and oxygen atoms in total. The number of nitrogens with zero attached hydrogens (tertiary/aromatic N) is 1. The van der Waals surface area contributed by atoms with E-state index in [9.17, 15) is 13.6 Å². The summed E-state index contributed by atoms with van der Waals surface area (Å²) in [4.78, 5) is 15.4. The van der Waals surface area contributed by atoms with E-state index in [1.54, 1.807) is 20.8 Å². The van der Waals surface area contributed by atoms with Gasteiger partial charge in [0.15, 0.2) is 6.61 Å². The zero-order valence-corrected chi connectivity index (χ0v) is 11.9. The van der Waals surface area contributed by atoms with Crippen LogP contribution in [0.4, 0.5) is 8.78 Å². The molecule has 1 aromatic carbocycles. The number of pyridine rings is 1. The fourth-order valence-electron chi connectivity index (χ4n) is 1.90. The summed E-state index contributed by atoms with van der Waals surface area (Å²) in [6.45, 7) is 4.66. The Morgan fingerprint density at radius 1 is 1.29 bits per heavy atom. The molecular weight excluding hydrogens is 280 g/mol. The molecule has 21 heavy (non-hydrogen) atoms. The molecule has 2 rings (SSSR count). The van der Waals surface area contributed by atoms with Gasteiger partial charge in [0.05, 0.1) is 11.5 Å². The van der Waals surface area contributed by atoms with Crippen LogP contribution in [-0.4, -0.2) is 23.7 Å². The first kappa shape index (κ1) is 15.2. The largest absolute Gasteiger partial charge is 0.481 e. The number of esters is 1. The van der Waals surface area contributed by atoms with Crippen LogP contribution in [0, 0.1) is 18.6 Å². The SMILES string of the molecule is Cc1cc(OCC(=O)OC(C)C)c2c(F)ccc(F)c2n1. The maximum absolute atomic E-state index is 13.9. The van der Waals surface area contributed by atoms with E-state index < -0.39 is 17.6 Å². The van der Waals surface area contributed by atoms with Crippen molar-refractivity contribution in [1.29, 1.82) is 0 Å². The van der Waals surface area contributed by atoms with Crippen molar-refractivity contribution in [2.45, 2.75) is 26.9 Å². The summed E-state index contributed by atoms with van der Waals surface area (Å²) >= 11 is 0. The van der Waals surface area contributed by atoms with E-state index in [4.69, 9.17) is 9.47 Å². The van der Waals surface area contributed by atoms with Gasteiger partial charge in [-0.3, -0.25) is 0 Å². The summed E-state index contributed by atoms with van der Waals surface area (Å²) in [5.74, 6) is -1.82. The van der Waals surface area contributed by atoms with Gasteiger partial charge in [-0.25, -0.2) is 18.6 Å². The van der Waals surface area contributed by atoms with Crippen LogP contribution in [0.2, 0.25) is 0 Å². The number of aryl methyl sites for hydroxylation is 1. The Morgan fingerprint density at radius 2 is 1.95 bits per heavy atom. The Bertz CT molecular complexity index is 686. The Hall–Kier alpha value is -2.24. The zero-order valence-electron chi connectivity index (χ0n) is 11.9. The van der Waals surface area contributed by atoms with Crippen LogP contribution >= 0.6 is 0 Å². The standard InChI is InChI=1S/C15H15F2NO3/c1-8(2)21-13(19)7-20-12-6-9(3)18-15-11(17)5-4-10(16)14(12)15/h4-6,8H,7H2,1-3H3. The van der Waals surface area contributed by atoms with Crippen LogP contribution in [0.15, 0.2) is 18.2 Å². The molecule has 0 aliphatic heterocycles. The maximum Gasteiger partial charge on any atom is 0.344 e. The van der Waals surface area contributed by atoms with E-state index in [0.717, 1.165) is 12.1 Å². The van der Waals surface area contributed by atoms with Crippen LogP contribution in [0.3, 0.4) is 0 Å². The molecule has 0 atom stereocenters. The molecule has 0 amide bonds. The van der Waals surface area contributed by atoms with Gasteiger partial charge in [0.25, 0.3) is 0 Å². The number of halogens is 2. The Morgan fingerprint density at radius 3 is 2.62 bits per heavy atom. The molecule has 0 saturated carbocycles. The summed E-state index contributed by atoms with van der Waals surface area (Å²) in [7, 11) is 0. The van der Waals surface area contributed by atoms with E-state index in [0.29, 0.717) is 5.69 Å². The monoisotopic (exact) mass is 295 g/mol. The molecule has 6 heteroatoms. The number of fused-ring (bicyclic) bond motifs is 1. The first-order valence-corrected chi connectivity index (χ1v) is 6.46. The average molecular weight is 295 g/mol. The van der Waals surface area contributed by atoms with Gasteiger partial charge in [-0.05, 0) is 32.9 Å². The molecular formula is C15H15F2NO3. The number of hydrogen-bond acceptors (Lipinski definition) is 4. The van der Waals surface area contributed by atoms with Crippen molar-refractivity contribution < 1.29 is 23.0 Å². The molecule has 112 valence electrons. The van der Waals surface area contributed by atoms with Gasteiger partial charge in [-0.2, -0.15) is 0 Å². The molecule has 0 bridgehead atoms. The zero-order chi connectivity index (χ0) is 15.6. The quantitative estimate of drug-likeness (QED) is 0.813. The summed E-state index contributed by atoms with van der Waals surface area (Å²) in [6.07, 6.45) is -0.272. The molecule has 0 aliphatic rings. The summed E-state index contributed by atoms with van der Waals surface area (Å²) in [5.41, 5.74) is 0.335. The van der Waals surface area contributed by atoms with Crippen molar-refractivity contribution in [1.82, 2.24) is 4.98 Å². The summed E-state index contributed by atoms with van der Waals surface area (Å²) in [6, 6.07) is 3.45. The highest BCUT2D eigenvalue weighted by atomic mass is 19.1. The lowest BCUT2D eigenvalue weighted by atomic mass is 10.1. The number of carbonyl (C=O) groups is 1. The van der Waals surface area contributed by atoms with Gasteiger partial charge < -0.3 is 9.47 Å². The van der Waals surface area contributed by atoms with Crippen LogP contribution < -0.4 is 4.74 Å². The fraction of sp³-hybridized carbons (Fsp3) is 0.333. The number of hydrogen-bond donors (Lipinski definition) is 0. The van der Waals surface area contributed by atoms with E-state index in [-0.39, 0.29) is 29.4 Å². The number of ether oxygens (including phenoxy) is 2. The first-order valence-electron chi connectivity index (χ1n) is 6.46. The lowest BCUT2D eigenvalue weighted by Gasteiger charge is -2.12. The molecule has 0 radical (unpaired) electrons. The lowest BCUT2D eigenvalue weighted by Crippen LogP contribution is -2.19. The second-order valence-corrected chi connectivity index (χ2v) is 4.84. The lowest BCUT2D eigenvalue weighted by molar-refractivity contribution is -0.149. The van der Waals surface area contributed by atoms with Crippen LogP contribution in [0.1, 0.15) is 19.5 Å². The smallest absolute Gasteiger partial charge is 0.344 e. The van der Waals surface area contributed by atoms with E-state index in [2.05, 4.69) is 4.98 Å². The average Bonchev–Trinajstić information content (AvgIpc) is 2.39. The number of rotatable bonds is 4. The van der Waals surface area contributed by atoms with Gasteiger partial charge in [0.1, 0.15) is 22.9 Å². The van der Waals surface area contributed by atoms with Gasteiger partial charge in [0.2, 0.25) is 0 Å². The second kappa shape index (κ2) is 6.03. The van der Waals surface area contributed by atoms with E-state index in [1.807, 2.05) is 0 Å². The van der Waals surface area contributed by atoms with Crippen molar-refractivity contribution in [3.8, 4) is 5.75 Å². The Kier molecular flexibility index (Phi) is 4.35. The topological polar surface area (TPSA) is 48.4 Å². The molecule has 0 N–H and O–H groups in total. The molecule has 0 aliphatic carbocycles. The minimum atomic E-state index is -0.661. The van der Waals surface area contributed by atoms with Crippen molar-refractivity contribution in [3.05, 3.63) is 35.5 Å². The van der Waals surface area contributed by atoms with Gasteiger partial charge >= 0.3 is 5.97 Å². The van der Waals surface area contributed by atoms with Crippen LogP contribution in [0.25, 0.3) is 10.9 Å². The normalized spacial score (nSPS) is 11.0. The van der Waals surface area contributed by atoms with Crippen molar-refractivity contribution in [3.63, 3.8) is 0 Å². The summed E-state index contributed by atoms with van der Waals surface area (Å²) in [5, 5.41) is -0.0852. The van der Waals surface area contributed by atoms with Crippen molar-refractivity contribution >= 4 is 16.9 Å². The number of benzene rings is 1. The number of carbonyl (C=O) groups excluding carboxylic acids is 1. The molecule has 0 unspecified atom stereocenters. The molecule has 1 heterocycles. The van der Waals surface area contributed by atoms with Gasteiger partial charge in [-0.1, -0.05) is 0 Å². The molecule has 0 fully saturated rings. The third kappa shape index (κ3) is 3.45. The molecule has 2 aromatic rings. The van der Waals surface area contributed by atoms with Gasteiger partial charge in [0, 0.05) is 11.8 Å².